The van der Waals surface area contributed by atoms with Crippen LogP contribution < -0.4 is 5.69 Å². The van der Waals surface area contributed by atoms with Crippen LogP contribution >= 0.6 is 11.6 Å². The monoisotopic (exact) mass is 450 g/mol. The van der Waals surface area contributed by atoms with Crippen molar-refractivity contribution >= 4 is 28.5 Å². The van der Waals surface area contributed by atoms with E-state index in [4.69, 9.17) is 16.0 Å². The van der Waals surface area contributed by atoms with Crippen molar-refractivity contribution < 1.29 is 9.21 Å². The molecule has 1 fully saturated rings. The van der Waals surface area contributed by atoms with Crippen molar-refractivity contribution in [3.63, 3.8) is 0 Å². The Morgan fingerprint density at radius 3 is 2.72 bits per heavy atom. The highest BCUT2D eigenvalue weighted by atomic mass is 35.5. The minimum absolute atomic E-state index is 0.0100. The van der Waals surface area contributed by atoms with E-state index in [1.165, 1.54) is 4.57 Å². The van der Waals surface area contributed by atoms with E-state index in [9.17, 15) is 9.59 Å². The van der Waals surface area contributed by atoms with Crippen LogP contribution in [0.2, 0.25) is 5.02 Å². The number of amides is 1. The number of oxazole rings is 1. The van der Waals surface area contributed by atoms with E-state index < -0.39 is 0 Å². The zero-order chi connectivity index (χ0) is 22.2. The zero-order valence-corrected chi connectivity index (χ0v) is 18.5. The molecular formula is C24H23ClN4O3. The molecule has 0 unspecified atom stereocenters. The van der Waals surface area contributed by atoms with Crippen molar-refractivity contribution in [2.24, 2.45) is 7.05 Å². The zero-order valence-electron chi connectivity index (χ0n) is 17.7. The minimum Gasteiger partial charge on any atom is -0.443 e. The van der Waals surface area contributed by atoms with Crippen LogP contribution in [0.3, 0.4) is 0 Å². The molecule has 4 aromatic rings. The molecule has 2 aromatic carbocycles. The number of hydrogen-bond donors (Lipinski definition) is 0. The second-order valence-electron chi connectivity index (χ2n) is 8.09. The average molecular weight is 451 g/mol. The van der Waals surface area contributed by atoms with E-state index in [1.807, 2.05) is 48.5 Å². The largest absolute Gasteiger partial charge is 0.443 e. The van der Waals surface area contributed by atoms with Crippen LogP contribution in [-0.2, 0) is 24.8 Å². The molecule has 8 heteroatoms. The number of benzene rings is 2. The van der Waals surface area contributed by atoms with Gasteiger partial charge in [0, 0.05) is 25.0 Å². The fourth-order valence-corrected chi connectivity index (χ4v) is 4.65. The summed E-state index contributed by atoms with van der Waals surface area (Å²) in [6, 6.07) is 14.9. The van der Waals surface area contributed by atoms with E-state index >= 15 is 0 Å². The van der Waals surface area contributed by atoms with E-state index in [-0.39, 0.29) is 24.2 Å². The lowest BCUT2D eigenvalue weighted by Gasteiger charge is -2.22. The first-order valence-electron chi connectivity index (χ1n) is 10.6. The molecule has 7 nitrogen and oxygen atoms in total. The number of carbonyl (C=O) groups excluding carboxylic acids is 1. The first-order chi connectivity index (χ1) is 15.5. The minimum atomic E-state index is -0.229. The first-order valence-corrected chi connectivity index (χ1v) is 11.0. The number of aromatic nitrogens is 3. The summed E-state index contributed by atoms with van der Waals surface area (Å²) < 4.78 is 9.12. The predicted octanol–water partition coefficient (Wildman–Crippen LogP) is 3.94. The van der Waals surface area contributed by atoms with Gasteiger partial charge in [-0.2, -0.15) is 0 Å². The molecule has 0 radical (unpaired) electrons. The number of likely N-dealkylation sites (tertiary alicyclic amines) is 1. The Morgan fingerprint density at radius 1 is 1.16 bits per heavy atom. The van der Waals surface area contributed by atoms with Gasteiger partial charge in [0.1, 0.15) is 18.3 Å². The third kappa shape index (κ3) is 3.62. The van der Waals surface area contributed by atoms with E-state index in [0.29, 0.717) is 29.6 Å². The van der Waals surface area contributed by atoms with Gasteiger partial charge in [-0.1, -0.05) is 41.9 Å². The summed E-state index contributed by atoms with van der Waals surface area (Å²) in [5, 5.41) is 0.684. The molecule has 0 N–H and O–H groups in total. The maximum absolute atomic E-state index is 13.2. The predicted molar refractivity (Wildman–Crippen MR) is 122 cm³/mol. The van der Waals surface area contributed by atoms with Crippen molar-refractivity contribution in [3.8, 4) is 0 Å². The lowest BCUT2D eigenvalue weighted by atomic mass is 10.1. The van der Waals surface area contributed by atoms with Crippen molar-refractivity contribution in [2.75, 3.05) is 6.54 Å². The Kier molecular flexibility index (Phi) is 5.35. The van der Waals surface area contributed by atoms with Crippen LogP contribution in [-0.4, -0.2) is 31.5 Å². The fourth-order valence-electron chi connectivity index (χ4n) is 4.45. The van der Waals surface area contributed by atoms with Gasteiger partial charge < -0.3 is 9.32 Å². The van der Waals surface area contributed by atoms with Crippen LogP contribution in [0.15, 0.2) is 63.9 Å². The summed E-state index contributed by atoms with van der Waals surface area (Å²) in [5.41, 5.74) is 2.32. The SMILES string of the molecule is Cn1c(=O)n(CC(=O)N2CCC[C@H]2c2ncc(Cc3ccccc3Cl)o2)c2ccccc21. The van der Waals surface area contributed by atoms with Gasteiger partial charge in [0.15, 0.2) is 0 Å². The van der Waals surface area contributed by atoms with Gasteiger partial charge in [0.2, 0.25) is 11.8 Å². The fraction of sp³-hybridized carbons (Fsp3) is 0.292. The molecule has 0 aliphatic carbocycles. The summed E-state index contributed by atoms with van der Waals surface area (Å²) in [4.78, 5) is 32.2. The highest BCUT2D eigenvalue weighted by Crippen LogP contribution is 2.32. The van der Waals surface area contributed by atoms with Crippen molar-refractivity contribution in [2.45, 2.75) is 31.8 Å². The van der Waals surface area contributed by atoms with Crippen molar-refractivity contribution in [1.29, 1.82) is 0 Å². The van der Waals surface area contributed by atoms with Crippen LogP contribution in [0, 0.1) is 0 Å². The Bertz CT molecular complexity index is 1350. The molecule has 5 rings (SSSR count). The first kappa shape index (κ1) is 20.6. The highest BCUT2D eigenvalue weighted by Gasteiger charge is 2.33. The Balaban J connectivity index is 1.36. The summed E-state index contributed by atoms with van der Waals surface area (Å²) in [6.45, 7) is 0.606. The second kappa shape index (κ2) is 8.31. The lowest BCUT2D eigenvalue weighted by molar-refractivity contribution is -0.133. The number of fused-ring (bicyclic) bond motifs is 1. The number of halogens is 1. The van der Waals surface area contributed by atoms with Crippen LogP contribution in [0.4, 0.5) is 0 Å². The maximum atomic E-state index is 13.2. The van der Waals surface area contributed by atoms with Gasteiger partial charge in [-0.05, 0) is 36.6 Å². The number of rotatable bonds is 5. The van der Waals surface area contributed by atoms with Crippen LogP contribution in [0.1, 0.15) is 36.1 Å². The molecule has 3 heterocycles. The van der Waals surface area contributed by atoms with Crippen LogP contribution in [0.25, 0.3) is 11.0 Å². The standard InChI is InChI=1S/C24H23ClN4O3/c1-27-19-9-4-5-10-20(19)29(24(27)31)15-22(30)28-12-6-11-21(28)23-26-14-17(32-23)13-16-7-2-3-8-18(16)25/h2-5,7-10,14,21H,6,11-13,15H2,1H3/t21-/m0/s1. The van der Waals surface area contributed by atoms with E-state index in [2.05, 4.69) is 4.98 Å². The molecule has 0 bridgehead atoms. The highest BCUT2D eigenvalue weighted by molar-refractivity contribution is 6.31. The lowest BCUT2D eigenvalue weighted by Crippen LogP contribution is -2.36. The Labute approximate surface area is 189 Å². The van der Waals surface area contributed by atoms with E-state index in [1.54, 1.807) is 22.7 Å². The van der Waals surface area contributed by atoms with Crippen molar-refractivity contribution in [3.05, 3.63) is 87.4 Å². The molecule has 1 amide bonds. The Hall–Kier alpha value is -3.32. The molecule has 1 aliphatic heterocycles. The third-order valence-electron chi connectivity index (χ3n) is 6.10. The maximum Gasteiger partial charge on any atom is 0.329 e. The summed E-state index contributed by atoms with van der Waals surface area (Å²) in [6.07, 6.45) is 3.89. The quantitative estimate of drug-likeness (QED) is 0.461. The average Bonchev–Trinajstić information content (AvgIpc) is 3.51. The number of aryl methyl sites for hydroxylation is 1. The van der Waals surface area contributed by atoms with Crippen molar-refractivity contribution in [1.82, 2.24) is 19.0 Å². The molecular weight excluding hydrogens is 428 g/mol. The Morgan fingerprint density at radius 2 is 1.91 bits per heavy atom. The normalized spacial score (nSPS) is 16.2. The number of imidazole rings is 1. The molecule has 164 valence electrons. The number of carbonyl (C=O) groups is 1. The molecule has 1 aliphatic rings. The van der Waals surface area contributed by atoms with Gasteiger partial charge in [-0.25, -0.2) is 9.78 Å². The van der Waals surface area contributed by atoms with Crippen LogP contribution in [0.5, 0.6) is 0 Å². The summed E-state index contributed by atoms with van der Waals surface area (Å²) in [7, 11) is 1.72. The molecule has 2 aromatic heterocycles. The second-order valence-corrected chi connectivity index (χ2v) is 8.50. The molecule has 1 atom stereocenters. The van der Waals surface area contributed by atoms with Gasteiger partial charge in [0.25, 0.3) is 0 Å². The molecule has 1 saturated heterocycles. The summed E-state index contributed by atoms with van der Waals surface area (Å²) in [5.74, 6) is 1.12. The smallest absolute Gasteiger partial charge is 0.329 e. The van der Waals surface area contributed by atoms with Gasteiger partial charge >= 0.3 is 5.69 Å². The molecule has 0 spiro atoms. The van der Waals surface area contributed by atoms with E-state index in [0.717, 1.165) is 29.4 Å². The number of para-hydroxylation sites is 2. The third-order valence-corrected chi connectivity index (χ3v) is 6.47. The number of hydrogen-bond acceptors (Lipinski definition) is 4. The summed E-state index contributed by atoms with van der Waals surface area (Å²) >= 11 is 6.26. The number of nitrogens with zero attached hydrogens (tertiary/aromatic N) is 4. The molecule has 0 saturated carbocycles. The topological polar surface area (TPSA) is 73.3 Å². The van der Waals surface area contributed by atoms with Gasteiger partial charge in [-0.3, -0.25) is 13.9 Å². The van der Waals surface area contributed by atoms with Gasteiger partial charge in [0.05, 0.1) is 17.2 Å². The molecule has 32 heavy (non-hydrogen) atoms. The van der Waals surface area contributed by atoms with Gasteiger partial charge in [-0.15, -0.1) is 0 Å².